The zero-order chi connectivity index (χ0) is 15.1. The molecule has 2 aromatic rings. The third kappa shape index (κ3) is 4.89. The Kier molecular flexibility index (Phi) is 5.79. The van der Waals surface area contributed by atoms with Gasteiger partial charge in [-0.15, -0.1) is 11.8 Å². The van der Waals surface area contributed by atoms with E-state index in [1.165, 1.54) is 30.0 Å². The average molecular weight is 304 g/mol. The van der Waals surface area contributed by atoms with Gasteiger partial charge in [-0.2, -0.15) is 0 Å². The minimum atomic E-state index is -0.366. The van der Waals surface area contributed by atoms with Crippen LogP contribution < -0.4 is 0 Å². The molecule has 2 rings (SSSR count). The lowest BCUT2D eigenvalue weighted by Crippen LogP contribution is -1.88. The lowest BCUT2D eigenvalue weighted by atomic mass is 10.1. The predicted molar refractivity (Wildman–Crippen MR) is 80.9 cm³/mol. The molecule has 0 saturated carbocycles. The molecule has 0 fully saturated rings. The van der Waals surface area contributed by atoms with Crippen molar-refractivity contribution < 1.29 is 13.9 Å². The summed E-state index contributed by atoms with van der Waals surface area (Å²) in [5, 5.41) is 8.67. The van der Waals surface area contributed by atoms with Gasteiger partial charge in [0.15, 0.2) is 0 Å². The van der Waals surface area contributed by atoms with Crippen LogP contribution in [0.3, 0.4) is 0 Å². The quantitative estimate of drug-likeness (QED) is 0.681. The monoisotopic (exact) mass is 304 g/mol. The molecule has 21 heavy (non-hydrogen) atoms. The van der Waals surface area contributed by atoms with Gasteiger partial charge >= 0.3 is 0 Å². The number of aliphatic hydroxyl groups is 1. The molecule has 0 aliphatic rings. The smallest absolute Gasteiger partial charge is 0.136 e. The van der Waals surface area contributed by atoms with Crippen molar-refractivity contribution in [3.8, 4) is 11.8 Å². The molecule has 0 saturated heterocycles. The molecule has 0 amide bonds. The number of benzene rings is 2. The molecule has 0 aromatic heterocycles. The molecule has 1 nitrogen and oxygen atoms in total. The van der Waals surface area contributed by atoms with E-state index in [9.17, 15) is 8.78 Å². The molecular formula is C17H14F2OS. The summed E-state index contributed by atoms with van der Waals surface area (Å²) < 4.78 is 27.1. The van der Waals surface area contributed by atoms with Gasteiger partial charge in [-0.3, -0.25) is 0 Å². The zero-order valence-electron chi connectivity index (χ0n) is 11.3. The van der Waals surface area contributed by atoms with E-state index in [1.807, 2.05) is 0 Å². The van der Waals surface area contributed by atoms with E-state index in [4.69, 9.17) is 5.11 Å². The first-order valence-corrected chi connectivity index (χ1v) is 7.44. The van der Waals surface area contributed by atoms with Gasteiger partial charge in [0.1, 0.15) is 11.6 Å². The molecular weight excluding hydrogens is 290 g/mol. The number of thioether (sulfide) groups is 1. The van der Waals surface area contributed by atoms with E-state index in [0.717, 1.165) is 5.56 Å². The van der Waals surface area contributed by atoms with Crippen molar-refractivity contribution in [2.75, 3.05) is 6.61 Å². The second kappa shape index (κ2) is 7.82. The third-order valence-electron chi connectivity index (χ3n) is 2.66. The highest BCUT2D eigenvalue weighted by molar-refractivity contribution is 7.98. The Morgan fingerprint density at radius 1 is 1.10 bits per heavy atom. The van der Waals surface area contributed by atoms with Crippen LogP contribution in [0.25, 0.3) is 0 Å². The van der Waals surface area contributed by atoms with Crippen LogP contribution in [-0.4, -0.2) is 11.7 Å². The minimum Gasteiger partial charge on any atom is -0.395 e. The van der Waals surface area contributed by atoms with Gasteiger partial charge in [-0.1, -0.05) is 24.0 Å². The summed E-state index contributed by atoms with van der Waals surface area (Å²) in [6, 6.07) is 11.0. The summed E-state index contributed by atoms with van der Waals surface area (Å²) in [6.45, 7) is -0.0156. The van der Waals surface area contributed by atoms with Crippen molar-refractivity contribution in [1.29, 1.82) is 0 Å². The molecule has 108 valence electrons. The lowest BCUT2D eigenvalue weighted by Gasteiger charge is -2.04. The van der Waals surface area contributed by atoms with Crippen LogP contribution in [0.2, 0.25) is 0 Å². The summed E-state index contributed by atoms with van der Waals surface area (Å²) in [7, 11) is 0. The van der Waals surface area contributed by atoms with Crippen molar-refractivity contribution in [3.63, 3.8) is 0 Å². The third-order valence-corrected chi connectivity index (χ3v) is 3.78. The van der Waals surface area contributed by atoms with Crippen LogP contribution in [-0.2, 0) is 5.75 Å². The van der Waals surface area contributed by atoms with Gasteiger partial charge in [-0.25, -0.2) is 8.78 Å². The number of aliphatic hydroxyl groups excluding tert-OH is 1. The summed E-state index contributed by atoms with van der Waals surface area (Å²) in [5.74, 6) is 5.38. The molecule has 0 spiro atoms. The van der Waals surface area contributed by atoms with Gasteiger partial charge in [-0.05, 0) is 35.9 Å². The van der Waals surface area contributed by atoms with E-state index >= 15 is 0 Å². The molecule has 0 atom stereocenters. The highest BCUT2D eigenvalue weighted by Gasteiger charge is 2.04. The SMILES string of the molecule is OCCC#Cc1cc(F)cc(CSc2ccccc2F)c1. The maximum atomic E-state index is 13.5. The Labute approximate surface area is 127 Å². The van der Waals surface area contributed by atoms with E-state index in [1.54, 1.807) is 24.3 Å². The molecule has 1 N–H and O–H groups in total. The Hall–Kier alpha value is -1.83. The first-order valence-electron chi connectivity index (χ1n) is 6.45. The van der Waals surface area contributed by atoms with Crippen LogP contribution in [0.4, 0.5) is 8.78 Å². The topological polar surface area (TPSA) is 20.2 Å². The number of rotatable bonds is 4. The average Bonchev–Trinajstić information content (AvgIpc) is 2.46. The molecule has 2 aromatic carbocycles. The van der Waals surface area contributed by atoms with Gasteiger partial charge in [0.2, 0.25) is 0 Å². The Morgan fingerprint density at radius 3 is 2.67 bits per heavy atom. The van der Waals surface area contributed by atoms with E-state index in [-0.39, 0.29) is 18.2 Å². The maximum Gasteiger partial charge on any atom is 0.136 e. The van der Waals surface area contributed by atoms with Crippen LogP contribution in [0.1, 0.15) is 17.5 Å². The van der Waals surface area contributed by atoms with E-state index < -0.39 is 0 Å². The van der Waals surface area contributed by atoms with Crippen molar-refractivity contribution >= 4 is 11.8 Å². The van der Waals surface area contributed by atoms with Gasteiger partial charge < -0.3 is 5.11 Å². The van der Waals surface area contributed by atoms with Crippen molar-refractivity contribution in [3.05, 3.63) is 65.2 Å². The summed E-state index contributed by atoms with van der Waals surface area (Å²) in [6.07, 6.45) is 0.357. The fourth-order valence-electron chi connectivity index (χ4n) is 1.75. The van der Waals surface area contributed by atoms with Gasteiger partial charge in [0.25, 0.3) is 0 Å². The Bertz CT molecular complexity index is 674. The minimum absolute atomic E-state index is 0.0156. The van der Waals surface area contributed by atoms with Crippen molar-refractivity contribution in [1.82, 2.24) is 0 Å². The van der Waals surface area contributed by atoms with E-state index in [2.05, 4.69) is 11.8 Å². The predicted octanol–water partition coefficient (Wildman–Crippen LogP) is 3.99. The molecule has 4 heteroatoms. The zero-order valence-corrected chi connectivity index (χ0v) is 12.1. The van der Waals surface area contributed by atoms with Crippen LogP contribution in [0, 0.1) is 23.5 Å². The van der Waals surface area contributed by atoms with Crippen LogP contribution in [0.5, 0.6) is 0 Å². The number of hydrogen-bond donors (Lipinski definition) is 1. The Balaban J connectivity index is 2.10. The normalized spacial score (nSPS) is 10.0. The second-order valence-corrected chi connectivity index (χ2v) is 5.36. The molecule has 0 unspecified atom stereocenters. The fourth-order valence-corrected chi connectivity index (χ4v) is 2.62. The number of hydrogen-bond acceptors (Lipinski definition) is 2. The summed E-state index contributed by atoms with van der Waals surface area (Å²) >= 11 is 1.32. The van der Waals surface area contributed by atoms with E-state index in [0.29, 0.717) is 22.6 Å². The van der Waals surface area contributed by atoms with Gasteiger partial charge in [0, 0.05) is 22.6 Å². The maximum absolute atomic E-state index is 13.5. The molecule has 0 heterocycles. The van der Waals surface area contributed by atoms with Crippen LogP contribution in [0.15, 0.2) is 47.4 Å². The number of halogens is 2. The molecule has 0 aliphatic heterocycles. The lowest BCUT2D eigenvalue weighted by molar-refractivity contribution is 0.305. The summed E-state index contributed by atoms with van der Waals surface area (Å²) in [5.41, 5.74) is 1.31. The fraction of sp³-hybridized carbons (Fsp3) is 0.176. The highest BCUT2D eigenvalue weighted by Crippen LogP contribution is 2.25. The van der Waals surface area contributed by atoms with Crippen molar-refractivity contribution in [2.45, 2.75) is 17.1 Å². The molecule has 0 aliphatic carbocycles. The van der Waals surface area contributed by atoms with Crippen molar-refractivity contribution in [2.24, 2.45) is 0 Å². The standard InChI is InChI=1S/C17H14F2OS/c18-15-10-13(5-3-4-8-20)9-14(11-15)12-21-17-7-2-1-6-16(17)19/h1-2,6-7,9-11,20H,4,8,12H2. The largest absolute Gasteiger partial charge is 0.395 e. The van der Waals surface area contributed by atoms with Gasteiger partial charge in [0.05, 0.1) is 6.61 Å². The first-order chi connectivity index (χ1) is 10.2. The summed E-state index contributed by atoms with van der Waals surface area (Å²) in [4.78, 5) is 0.537. The van der Waals surface area contributed by atoms with Crippen LogP contribution >= 0.6 is 11.8 Å². The second-order valence-electron chi connectivity index (χ2n) is 4.34. The molecule has 0 radical (unpaired) electrons. The first kappa shape index (κ1) is 15.6. The Morgan fingerprint density at radius 2 is 1.90 bits per heavy atom. The highest BCUT2D eigenvalue weighted by atomic mass is 32.2. The molecule has 0 bridgehead atoms.